The number of amides is 1. The highest BCUT2D eigenvalue weighted by Crippen LogP contribution is 2.33. The molecule has 174 valence electrons. The van der Waals surface area contributed by atoms with E-state index in [-0.39, 0.29) is 30.9 Å². The SMILES string of the molecule is COCOc1cc(OC)cc2c1C(=O)NC(C)C=CCC(=O)C1OC(C)(C)O[C@H]1CC=C2. The van der Waals surface area contributed by atoms with E-state index in [1.165, 1.54) is 7.11 Å². The summed E-state index contributed by atoms with van der Waals surface area (Å²) >= 11 is 0. The van der Waals surface area contributed by atoms with Gasteiger partial charge in [-0.1, -0.05) is 24.3 Å². The standard InChI is InChI=1S/C24H31NO7/c1-15-8-6-10-18(26)22-19(31-24(2,3)32-22)11-7-9-16-12-17(29-5)13-20(30-14-28-4)21(16)23(27)25-15/h6-9,12-13,15,19,22H,10-11,14H2,1-5H3,(H,25,27)/t15?,19-,22?/m0/s1. The van der Waals surface area contributed by atoms with Gasteiger partial charge in [-0.3, -0.25) is 9.59 Å². The molecule has 0 saturated carbocycles. The van der Waals surface area contributed by atoms with Gasteiger partial charge in [-0.2, -0.15) is 0 Å². The number of ketones is 1. The molecule has 1 fully saturated rings. The Bertz CT molecular complexity index is 906. The van der Waals surface area contributed by atoms with E-state index < -0.39 is 18.0 Å². The highest BCUT2D eigenvalue weighted by Gasteiger charge is 2.43. The van der Waals surface area contributed by atoms with E-state index in [0.717, 1.165) is 0 Å². The number of ether oxygens (including phenoxy) is 5. The van der Waals surface area contributed by atoms with Crippen LogP contribution in [-0.2, 0) is 19.0 Å². The third-order valence-corrected chi connectivity index (χ3v) is 5.17. The minimum absolute atomic E-state index is 0.0157. The van der Waals surface area contributed by atoms with Crippen LogP contribution in [0.15, 0.2) is 30.4 Å². The quantitative estimate of drug-likeness (QED) is 0.562. The summed E-state index contributed by atoms with van der Waals surface area (Å²) in [6.45, 7) is 5.41. The van der Waals surface area contributed by atoms with Crippen LogP contribution in [0.1, 0.15) is 49.5 Å². The van der Waals surface area contributed by atoms with E-state index in [1.54, 1.807) is 51.3 Å². The number of benzene rings is 1. The zero-order valence-corrected chi connectivity index (χ0v) is 19.2. The Kier molecular flexibility index (Phi) is 7.71. The fourth-order valence-electron chi connectivity index (χ4n) is 3.78. The van der Waals surface area contributed by atoms with Gasteiger partial charge in [0, 0.05) is 25.6 Å². The lowest BCUT2D eigenvalue weighted by Crippen LogP contribution is -2.33. The van der Waals surface area contributed by atoms with Crippen LogP contribution in [0.4, 0.5) is 0 Å². The number of Topliss-reactive ketones (excluding diaryl/α,β-unsaturated/α-hetero) is 1. The summed E-state index contributed by atoms with van der Waals surface area (Å²) in [7, 11) is 3.05. The van der Waals surface area contributed by atoms with Crippen LogP contribution in [0.25, 0.3) is 6.08 Å². The molecule has 8 nitrogen and oxygen atoms in total. The van der Waals surface area contributed by atoms with Crippen LogP contribution in [0.3, 0.4) is 0 Å². The Morgan fingerprint density at radius 3 is 2.66 bits per heavy atom. The highest BCUT2D eigenvalue weighted by molar-refractivity contribution is 6.01. The molecular weight excluding hydrogens is 414 g/mol. The Labute approximate surface area is 188 Å². The molecule has 3 atom stereocenters. The van der Waals surface area contributed by atoms with Gasteiger partial charge in [0.15, 0.2) is 18.4 Å². The third-order valence-electron chi connectivity index (χ3n) is 5.17. The molecule has 0 aliphatic carbocycles. The van der Waals surface area contributed by atoms with Crippen molar-refractivity contribution in [2.45, 2.75) is 57.6 Å². The number of fused-ring (bicyclic) bond motifs is 2. The van der Waals surface area contributed by atoms with Crippen molar-refractivity contribution in [3.05, 3.63) is 41.5 Å². The number of allylic oxidation sites excluding steroid dienone is 1. The van der Waals surface area contributed by atoms with Crippen molar-refractivity contribution < 1.29 is 33.3 Å². The van der Waals surface area contributed by atoms with Gasteiger partial charge in [0.05, 0.1) is 18.8 Å². The van der Waals surface area contributed by atoms with E-state index in [1.807, 2.05) is 13.0 Å². The lowest BCUT2D eigenvalue weighted by atomic mass is 10.00. The zero-order chi connectivity index (χ0) is 23.3. The summed E-state index contributed by atoms with van der Waals surface area (Å²) in [5.74, 6) is -0.322. The van der Waals surface area contributed by atoms with E-state index in [0.29, 0.717) is 29.0 Å². The van der Waals surface area contributed by atoms with Gasteiger partial charge in [0.25, 0.3) is 5.91 Å². The maximum atomic E-state index is 13.1. The minimum atomic E-state index is -0.844. The second kappa shape index (κ2) is 10.3. The smallest absolute Gasteiger partial charge is 0.256 e. The van der Waals surface area contributed by atoms with Gasteiger partial charge in [0.1, 0.15) is 17.6 Å². The zero-order valence-electron chi connectivity index (χ0n) is 19.2. The average molecular weight is 446 g/mol. The molecule has 0 spiro atoms. The molecule has 8 heteroatoms. The van der Waals surface area contributed by atoms with Crippen molar-refractivity contribution in [1.82, 2.24) is 5.32 Å². The van der Waals surface area contributed by atoms with Gasteiger partial charge in [-0.05, 0) is 38.8 Å². The van der Waals surface area contributed by atoms with Gasteiger partial charge in [-0.15, -0.1) is 0 Å². The molecule has 0 radical (unpaired) electrons. The molecular formula is C24H31NO7. The van der Waals surface area contributed by atoms with Crippen molar-refractivity contribution in [2.24, 2.45) is 0 Å². The third kappa shape index (κ3) is 5.76. The lowest BCUT2D eigenvalue weighted by Gasteiger charge is -2.18. The van der Waals surface area contributed by atoms with Crippen LogP contribution in [-0.4, -0.2) is 56.7 Å². The Morgan fingerprint density at radius 1 is 1.16 bits per heavy atom. The van der Waals surface area contributed by atoms with Gasteiger partial charge in [0.2, 0.25) is 0 Å². The first-order chi connectivity index (χ1) is 15.2. The number of rotatable bonds is 4. The molecule has 0 bridgehead atoms. The van der Waals surface area contributed by atoms with Crippen LogP contribution >= 0.6 is 0 Å². The molecule has 2 aliphatic heterocycles. The van der Waals surface area contributed by atoms with Crippen LogP contribution in [0, 0.1) is 0 Å². The first-order valence-corrected chi connectivity index (χ1v) is 10.6. The van der Waals surface area contributed by atoms with Crippen molar-refractivity contribution >= 4 is 17.8 Å². The minimum Gasteiger partial charge on any atom is -0.497 e. The number of nitrogens with one attached hydrogen (secondary N) is 1. The van der Waals surface area contributed by atoms with E-state index in [4.69, 9.17) is 23.7 Å². The Balaban J connectivity index is 2.03. The van der Waals surface area contributed by atoms with E-state index in [2.05, 4.69) is 5.32 Å². The summed E-state index contributed by atoms with van der Waals surface area (Å²) in [6, 6.07) is 3.11. The summed E-state index contributed by atoms with van der Waals surface area (Å²) in [5, 5.41) is 2.93. The fraction of sp³-hybridized carbons (Fsp3) is 0.500. The summed E-state index contributed by atoms with van der Waals surface area (Å²) in [6.07, 6.45) is 6.76. The molecule has 0 aromatic heterocycles. The number of carbonyl (C=O) groups excluding carboxylic acids is 2. The number of methoxy groups -OCH3 is 2. The Morgan fingerprint density at radius 2 is 1.94 bits per heavy atom. The number of carbonyl (C=O) groups is 2. The molecule has 2 unspecified atom stereocenters. The molecule has 1 aromatic rings. The molecule has 2 aliphatic rings. The van der Waals surface area contributed by atoms with Crippen LogP contribution < -0.4 is 14.8 Å². The monoisotopic (exact) mass is 445 g/mol. The first-order valence-electron chi connectivity index (χ1n) is 10.6. The van der Waals surface area contributed by atoms with E-state index >= 15 is 0 Å². The maximum absolute atomic E-state index is 13.1. The average Bonchev–Trinajstić information content (AvgIpc) is 3.05. The topological polar surface area (TPSA) is 92.3 Å². The summed E-state index contributed by atoms with van der Waals surface area (Å²) in [4.78, 5) is 25.9. The second-order valence-corrected chi connectivity index (χ2v) is 8.23. The molecule has 1 aromatic carbocycles. The molecule has 1 saturated heterocycles. The van der Waals surface area contributed by atoms with Gasteiger partial charge >= 0.3 is 0 Å². The highest BCUT2D eigenvalue weighted by atomic mass is 16.8. The number of hydrogen-bond acceptors (Lipinski definition) is 7. The maximum Gasteiger partial charge on any atom is 0.256 e. The molecule has 1 N–H and O–H groups in total. The van der Waals surface area contributed by atoms with Gasteiger partial charge < -0.3 is 29.0 Å². The molecule has 1 amide bonds. The van der Waals surface area contributed by atoms with Crippen LogP contribution in [0.2, 0.25) is 0 Å². The number of hydrogen-bond donors (Lipinski definition) is 1. The normalized spacial score (nSPS) is 25.5. The summed E-state index contributed by atoms with van der Waals surface area (Å²) < 4.78 is 27.9. The van der Waals surface area contributed by atoms with Gasteiger partial charge in [-0.25, -0.2) is 0 Å². The Hall–Kier alpha value is -2.68. The van der Waals surface area contributed by atoms with Crippen molar-refractivity contribution in [2.75, 3.05) is 21.0 Å². The summed E-state index contributed by atoms with van der Waals surface area (Å²) in [5.41, 5.74) is 0.982. The van der Waals surface area contributed by atoms with Crippen molar-refractivity contribution in [3.63, 3.8) is 0 Å². The molecule has 32 heavy (non-hydrogen) atoms. The first kappa shape index (κ1) is 24.0. The van der Waals surface area contributed by atoms with Crippen molar-refractivity contribution in [3.8, 4) is 11.5 Å². The van der Waals surface area contributed by atoms with Crippen molar-refractivity contribution in [1.29, 1.82) is 0 Å². The predicted octanol–water partition coefficient (Wildman–Crippen LogP) is 3.25. The van der Waals surface area contributed by atoms with E-state index in [9.17, 15) is 9.59 Å². The molecule has 2 heterocycles. The van der Waals surface area contributed by atoms with Crippen LogP contribution in [0.5, 0.6) is 11.5 Å². The fourth-order valence-corrected chi connectivity index (χ4v) is 3.78. The predicted molar refractivity (Wildman–Crippen MR) is 119 cm³/mol. The molecule has 3 rings (SSSR count). The largest absolute Gasteiger partial charge is 0.497 e. The second-order valence-electron chi connectivity index (χ2n) is 8.23. The lowest BCUT2D eigenvalue weighted by molar-refractivity contribution is -0.154.